The molecule has 1 unspecified atom stereocenters. The molecule has 0 bridgehead atoms. The molecule has 0 aliphatic carbocycles. The van der Waals surface area contributed by atoms with Crippen molar-refractivity contribution in [2.24, 2.45) is 0 Å². The lowest BCUT2D eigenvalue weighted by Crippen LogP contribution is -2.46. The first-order valence-corrected chi connectivity index (χ1v) is 6.76. The Labute approximate surface area is 117 Å². The number of hydrogen-bond acceptors (Lipinski definition) is 7. The van der Waals surface area contributed by atoms with Gasteiger partial charge in [-0.1, -0.05) is 6.92 Å². The lowest BCUT2D eigenvalue weighted by Gasteiger charge is -2.35. The molecular weight excluding hydrogens is 262 g/mol. The molecule has 20 heavy (non-hydrogen) atoms. The highest BCUT2D eigenvalue weighted by molar-refractivity contribution is 5.70. The van der Waals surface area contributed by atoms with Gasteiger partial charge >= 0.3 is 5.69 Å². The molecule has 2 heterocycles. The van der Waals surface area contributed by atoms with Gasteiger partial charge < -0.3 is 15.0 Å². The highest BCUT2D eigenvalue weighted by atomic mass is 16.6. The predicted molar refractivity (Wildman–Crippen MR) is 75.1 cm³/mol. The van der Waals surface area contributed by atoms with E-state index in [1.54, 1.807) is 0 Å². The maximum absolute atomic E-state index is 11.4. The molecular formula is C12H19N5O3. The number of nitrogens with one attached hydrogen (secondary N) is 1. The van der Waals surface area contributed by atoms with E-state index in [2.05, 4.69) is 15.3 Å². The van der Waals surface area contributed by atoms with E-state index in [0.717, 1.165) is 6.42 Å². The van der Waals surface area contributed by atoms with Crippen LogP contribution in [0.3, 0.4) is 0 Å². The molecule has 0 aromatic carbocycles. The van der Waals surface area contributed by atoms with E-state index in [-0.39, 0.29) is 17.5 Å². The van der Waals surface area contributed by atoms with Crippen molar-refractivity contribution in [2.45, 2.75) is 26.3 Å². The minimum Gasteiger partial charge on any atom is -0.377 e. The van der Waals surface area contributed by atoms with E-state index in [1.165, 1.54) is 6.33 Å². The van der Waals surface area contributed by atoms with E-state index < -0.39 is 4.92 Å². The van der Waals surface area contributed by atoms with Gasteiger partial charge in [0.1, 0.15) is 6.33 Å². The Balaban J connectivity index is 2.43. The molecule has 0 spiro atoms. The van der Waals surface area contributed by atoms with Crippen LogP contribution in [-0.2, 0) is 4.74 Å². The SMILES string of the molecule is CCNc1ncnc(N2CCOCC2CC)c1[N+](=O)[O-]. The standard InChI is InChI=1S/C12H19N5O3/c1-3-9-7-20-6-5-16(9)12-10(17(18)19)11(13-4-2)14-8-15-12/h8-9H,3-7H2,1-2H3,(H,13,14,15). The van der Waals surface area contributed by atoms with Crippen LogP contribution in [0.1, 0.15) is 20.3 Å². The minimum absolute atomic E-state index is 0.0605. The number of nitrogens with zero attached hydrogens (tertiary/aromatic N) is 4. The van der Waals surface area contributed by atoms with Crippen LogP contribution in [0.4, 0.5) is 17.3 Å². The van der Waals surface area contributed by atoms with Gasteiger partial charge in [0.15, 0.2) is 0 Å². The van der Waals surface area contributed by atoms with E-state index >= 15 is 0 Å². The average Bonchev–Trinajstić information content (AvgIpc) is 2.47. The van der Waals surface area contributed by atoms with Gasteiger partial charge in [0, 0.05) is 13.1 Å². The first-order valence-electron chi connectivity index (χ1n) is 6.76. The van der Waals surface area contributed by atoms with Crippen molar-refractivity contribution in [3.63, 3.8) is 0 Å². The minimum atomic E-state index is -0.421. The Bertz CT molecular complexity index is 482. The fourth-order valence-corrected chi connectivity index (χ4v) is 2.32. The Hall–Kier alpha value is -1.96. The molecule has 110 valence electrons. The molecule has 1 aromatic rings. The Morgan fingerprint density at radius 2 is 2.35 bits per heavy atom. The van der Waals surface area contributed by atoms with Crippen molar-refractivity contribution in [3.05, 3.63) is 16.4 Å². The molecule has 0 amide bonds. The third-order valence-electron chi connectivity index (χ3n) is 3.30. The van der Waals surface area contributed by atoms with Crippen LogP contribution in [-0.4, -0.2) is 47.2 Å². The van der Waals surface area contributed by atoms with Crippen LogP contribution in [0.2, 0.25) is 0 Å². The Morgan fingerprint density at radius 3 is 3.00 bits per heavy atom. The van der Waals surface area contributed by atoms with Crippen LogP contribution >= 0.6 is 0 Å². The quantitative estimate of drug-likeness (QED) is 0.644. The highest BCUT2D eigenvalue weighted by Gasteiger charge is 2.31. The zero-order valence-electron chi connectivity index (χ0n) is 11.7. The van der Waals surface area contributed by atoms with Crippen LogP contribution in [0, 0.1) is 10.1 Å². The second-order valence-corrected chi connectivity index (χ2v) is 4.51. The summed E-state index contributed by atoms with van der Waals surface area (Å²) in [5.74, 6) is 0.639. The molecule has 8 heteroatoms. The fraction of sp³-hybridized carbons (Fsp3) is 0.667. The maximum Gasteiger partial charge on any atom is 0.353 e. The summed E-state index contributed by atoms with van der Waals surface area (Å²) in [6.07, 6.45) is 2.21. The monoisotopic (exact) mass is 281 g/mol. The molecule has 1 N–H and O–H groups in total. The number of anilines is 2. The van der Waals surface area contributed by atoms with Gasteiger partial charge in [-0.2, -0.15) is 0 Å². The van der Waals surface area contributed by atoms with Crippen LogP contribution < -0.4 is 10.2 Å². The number of ether oxygens (including phenoxy) is 1. The third kappa shape index (κ3) is 2.79. The van der Waals surface area contributed by atoms with Gasteiger partial charge in [-0.15, -0.1) is 0 Å². The van der Waals surface area contributed by atoms with Gasteiger partial charge in [0.05, 0.1) is 24.2 Å². The molecule has 1 aliphatic heterocycles. The summed E-state index contributed by atoms with van der Waals surface area (Å²) in [4.78, 5) is 21.0. The van der Waals surface area contributed by atoms with E-state index in [4.69, 9.17) is 4.74 Å². The van der Waals surface area contributed by atoms with Crippen LogP contribution in [0.5, 0.6) is 0 Å². The predicted octanol–water partition coefficient (Wildman–Crippen LogP) is 1.43. The normalized spacial score (nSPS) is 18.9. The smallest absolute Gasteiger partial charge is 0.353 e. The zero-order chi connectivity index (χ0) is 14.5. The molecule has 0 saturated carbocycles. The van der Waals surface area contributed by atoms with Crippen LogP contribution in [0.15, 0.2) is 6.33 Å². The largest absolute Gasteiger partial charge is 0.377 e. The summed E-state index contributed by atoms with van der Waals surface area (Å²) in [5, 5.41) is 14.3. The summed E-state index contributed by atoms with van der Waals surface area (Å²) < 4.78 is 5.43. The highest BCUT2D eigenvalue weighted by Crippen LogP contribution is 2.33. The summed E-state index contributed by atoms with van der Waals surface area (Å²) >= 11 is 0. The lowest BCUT2D eigenvalue weighted by atomic mass is 10.1. The van der Waals surface area contributed by atoms with E-state index in [1.807, 2.05) is 18.7 Å². The molecule has 1 atom stereocenters. The van der Waals surface area contributed by atoms with Gasteiger partial charge in [0.2, 0.25) is 11.6 Å². The Kier molecular flexibility index (Phi) is 4.67. The molecule has 0 radical (unpaired) electrons. The summed E-state index contributed by atoms with van der Waals surface area (Å²) in [5.41, 5.74) is -0.0605. The number of aromatic nitrogens is 2. The molecule has 2 rings (SSSR count). The first-order chi connectivity index (χ1) is 9.69. The Morgan fingerprint density at radius 1 is 1.55 bits per heavy atom. The maximum atomic E-state index is 11.4. The molecule has 1 fully saturated rings. The van der Waals surface area contributed by atoms with Crippen molar-refractivity contribution >= 4 is 17.3 Å². The summed E-state index contributed by atoms with van der Waals surface area (Å²) in [6, 6.07) is 0.104. The molecule has 1 aromatic heterocycles. The van der Waals surface area contributed by atoms with Crippen LogP contribution in [0.25, 0.3) is 0 Å². The number of morpholine rings is 1. The molecule has 1 saturated heterocycles. The van der Waals surface area contributed by atoms with E-state index in [9.17, 15) is 10.1 Å². The van der Waals surface area contributed by atoms with Crippen molar-refractivity contribution in [1.29, 1.82) is 0 Å². The topological polar surface area (TPSA) is 93.4 Å². The third-order valence-corrected chi connectivity index (χ3v) is 3.30. The fourth-order valence-electron chi connectivity index (χ4n) is 2.32. The average molecular weight is 281 g/mol. The second-order valence-electron chi connectivity index (χ2n) is 4.51. The van der Waals surface area contributed by atoms with Crippen molar-refractivity contribution in [3.8, 4) is 0 Å². The zero-order valence-corrected chi connectivity index (χ0v) is 11.7. The molecule has 8 nitrogen and oxygen atoms in total. The summed E-state index contributed by atoms with van der Waals surface area (Å²) in [6.45, 7) is 6.18. The number of hydrogen-bond donors (Lipinski definition) is 1. The van der Waals surface area contributed by atoms with Gasteiger partial charge in [-0.3, -0.25) is 10.1 Å². The van der Waals surface area contributed by atoms with Gasteiger partial charge in [-0.25, -0.2) is 9.97 Å². The van der Waals surface area contributed by atoms with Gasteiger partial charge in [0.25, 0.3) is 0 Å². The number of rotatable bonds is 5. The van der Waals surface area contributed by atoms with Crippen molar-refractivity contribution in [2.75, 3.05) is 36.5 Å². The second kappa shape index (κ2) is 6.47. The van der Waals surface area contributed by atoms with Crippen molar-refractivity contribution < 1.29 is 9.66 Å². The number of nitro groups is 1. The first kappa shape index (κ1) is 14.4. The van der Waals surface area contributed by atoms with Gasteiger partial charge in [-0.05, 0) is 13.3 Å². The lowest BCUT2D eigenvalue weighted by molar-refractivity contribution is -0.383. The molecule has 1 aliphatic rings. The summed E-state index contributed by atoms with van der Waals surface area (Å²) in [7, 11) is 0. The van der Waals surface area contributed by atoms with Crippen molar-refractivity contribution in [1.82, 2.24) is 9.97 Å². The van der Waals surface area contributed by atoms with E-state index in [0.29, 0.717) is 32.1 Å².